The molecule has 0 radical (unpaired) electrons. The van der Waals surface area contributed by atoms with Crippen molar-refractivity contribution in [3.8, 4) is 0 Å². The number of hydrogen-bond acceptors (Lipinski definition) is 2. The maximum Gasteiger partial charge on any atom is 0.242 e. The fraction of sp³-hybridized carbons (Fsp3) is 1.00. The van der Waals surface area contributed by atoms with Gasteiger partial charge < -0.3 is 9.79 Å². The predicted molar refractivity (Wildman–Crippen MR) is 65.7 cm³/mol. The Hall–Kier alpha value is 2.08. The molecule has 1 unspecified atom stereocenters. The van der Waals surface area contributed by atoms with Crippen LogP contribution >= 0.6 is 63.5 Å². The van der Waals surface area contributed by atoms with Gasteiger partial charge in [0.25, 0.3) is 0 Å². The Balaban J connectivity index is 3.77. The van der Waals surface area contributed by atoms with Gasteiger partial charge in [-0.3, -0.25) is 0 Å². The SMILES string of the molecule is OP(O)(=S)SCC(Cl)CC(Cl)(Cl)Cl. The summed E-state index contributed by atoms with van der Waals surface area (Å²) < 4.78 is -1.42. The van der Waals surface area contributed by atoms with Crippen LogP contribution in [0.15, 0.2) is 0 Å². The van der Waals surface area contributed by atoms with E-state index < -0.39 is 14.9 Å². The Labute approximate surface area is 106 Å². The van der Waals surface area contributed by atoms with Crippen LogP contribution in [0.3, 0.4) is 0 Å². The average Bonchev–Trinajstić information content (AvgIpc) is 1.78. The van der Waals surface area contributed by atoms with Crippen molar-refractivity contribution in [1.82, 2.24) is 0 Å². The monoisotopic (exact) mass is 322 g/mol. The maximum absolute atomic E-state index is 8.85. The average molecular weight is 324 g/mol. The molecule has 0 bridgehead atoms. The highest BCUT2D eigenvalue weighted by Gasteiger charge is 2.25. The molecule has 0 aromatic carbocycles. The van der Waals surface area contributed by atoms with Crippen molar-refractivity contribution in [3.63, 3.8) is 0 Å². The first-order chi connectivity index (χ1) is 5.60. The molecule has 80 valence electrons. The molecule has 0 amide bonds. The zero-order chi connectivity index (χ0) is 10.7. The largest absolute Gasteiger partial charge is 0.338 e. The molecule has 0 aliphatic heterocycles. The Morgan fingerprint density at radius 1 is 1.38 bits per heavy atom. The molecule has 2 N–H and O–H groups in total. The van der Waals surface area contributed by atoms with Crippen LogP contribution in [0.4, 0.5) is 0 Å². The fourth-order valence-electron chi connectivity index (χ4n) is 0.488. The third kappa shape index (κ3) is 12.0. The third-order valence-electron chi connectivity index (χ3n) is 0.876. The molecule has 0 rings (SSSR count). The van der Waals surface area contributed by atoms with Gasteiger partial charge in [-0.05, 0) is 11.8 Å². The van der Waals surface area contributed by atoms with Crippen molar-refractivity contribution < 1.29 is 9.79 Å². The molecule has 0 heterocycles. The zero-order valence-electron chi connectivity index (χ0n) is 6.16. The van der Waals surface area contributed by atoms with Crippen LogP contribution in [0.2, 0.25) is 0 Å². The van der Waals surface area contributed by atoms with Gasteiger partial charge in [0.05, 0.1) is 0 Å². The lowest BCUT2D eigenvalue weighted by Gasteiger charge is -2.16. The molecule has 9 heteroatoms. The number of alkyl halides is 4. The van der Waals surface area contributed by atoms with E-state index in [9.17, 15) is 0 Å². The first-order valence-corrected chi connectivity index (χ1v) is 8.88. The number of hydrogen-bond donors (Lipinski definition) is 2. The first kappa shape index (κ1) is 15.1. The molecule has 2 nitrogen and oxygen atoms in total. The Morgan fingerprint density at radius 2 is 1.85 bits per heavy atom. The highest BCUT2D eigenvalue weighted by molar-refractivity contribution is 8.67. The fourth-order valence-corrected chi connectivity index (χ4v) is 4.11. The Bertz CT molecular complexity index is 203. The van der Waals surface area contributed by atoms with Gasteiger partial charge in [-0.1, -0.05) is 46.2 Å². The number of halogens is 4. The van der Waals surface area contributed by atoms with Gasteiger partial charge in [-0.15, -0.1) is 11.6 Å². The van der Waals surface area contributed by atoms with Gasteiger partial charge in [0.15, 0.2) is 3.79 Å². The van der Waals surface area contributed by atoms with Crippen LogP contribution in [0, 0.1) is 0 Å². The standard InChI is InChI=1S/C4H7Cl4O2PS2/c5-3(1-4(6,7)8)2-13-11(9,10)12/h3H,1-2H2,(H2,9,10,12). The van der Waals surface area contributed by atoms with Gasteiger partial charge >= 0.3 is 0 Å². The summed E-state index contributed by atoms with van der Waals surface area (Å²) in [4.78, 5) is 17.7. The summed E-state index contributed by atoms with van der Waals surface area (Å²) in [6.07, 6.45) is 0.140. The summed E-state index contributed by atoms with van der Waals surface area (Å²) in [5.41, 5.74) is -3.25. The van der Waals surface area contributed by atoms with Crippen molar-refractivity contribution in [1.29, 1.82) is 0 Å². The Kier molecular flexibility index (Phi) is 6.93. The van der Waals surface area contributed by atoms with Gasteiger partial charge in [0.1, 0.15) is 0 Å². The van der Waals surface area contributed by atoms with Gasteiger partial charge in [0.2, 0.25) is 5.69 Å². The lowest BCUT2D eigenvalue weighted by atomic mass is 10.4. The zero-order valence-corrected chi connectivity index (χ0v) is 11.7. The summed E-state index contributed by atoms with van der Waals surface area (Å²) in [7, 11) is 0. The third-order valence-corrected chi connectivity index (χ3v) is 5.12. The van der Waals surface area contributed by atoms with E-state index >= 15 is 0 Å². The molecular formula is C4H7Cl4O2PS2. The predicted octanol–water partition coefficient (Wildman–Crippen LogP) is 3.30. The second-order valence-electron chi connectivity index (χ2n) is 2.20. The molecule has 0 spiro atoms. The molecule has 0 aromatic heterocycles. The molecule has 0 saturated carbocycles. The van der Waals surface area contributed by atoms with E-state index in [2.05, 4.69) is 11.8 Å². The van der Waals surface area contributed by atoms with E-state index in [1.54, 1.807) is 0 Å². The van der Waals surface area contributed by atoms with Crippen LogP contribution in [-0.4, -0.2) is 24.7 Å². The summed E-state index contributed by atoms with van der Waals surface area (Å²) in [6, 6.07) is 0. The van der Waals surface area contributed by atoms with Crippen LogP contribution in [0.25, 0.3) is 0 Å². The minimum atomic E-state index is -3.25. The van der Waals surface area contributed by atoms with Crippen molar-refractivity contribution >= 4 is 75.3 Å². The van der Waals surface area contributed by atoms with Crippen molar-refractivity contribution in [3.05, 3.63) is 0 Å². The van der Waals surface area contributed by atoms with E-state index in [-0.39, 0.29) is 12.2 Å². The molecule has 0 saturated heterocycles. The summed E-state index contributed by atoms with van der Waals surface area (Å²) in [6.45, 7) is 0. The minimum absolute atomic E-state index is 0.140. The molecule has 0 aliphatic rings. The highest BCUT2D eigenvalue weighted by atomic mass is 35.6. The summed E-state index contributed by atoms with van der Waals surface area (Å²) in [5.74, 6) is 0.250. The molecule has 1 atom stereocenters. The van der Waals surface area contributed by atoms with Crippen LogP contribution in [-0.2, 0) is 11.8 Å². The van der Waals surface area contributed by atoms with E-state index in [0.717, 1.165) is 11.4 Å². The molecule has 0 fully saturated rings. The molecular weight excluding hydrogens is 317 g/mol. The normalized spacial score (nSPS) is 15.8. The Morgan fingerprint density at radius 3 is 2.15 bits per heavy atom. The maximum atomic E-state index is 8.85. The van der Waals surface area contributed by atoms with Gasteiger partial charge in [0, 0.05) is 17.6 Å². The van der Waals surface area contributed by atoms with E-state index in [0.29, 0.717) is 0 Å². The molecule has 13 heavy (non-hydrogen) atoms. The van der Waals surface area contributed by atoms with Crippen LogP contribution < -0.4 is 0 Å². The van der Waals surface area contributed by atoms with Gasteiger partial charge in [-0.25, -0.2) is 0 Å². The lowest BCUT2D eigenvalue weighted by molar-refractivity contribution is 0.502. The van der Waals surface area contributed by atoms with Crippen LogP contribution in [0.1, 0.15) is 6.42 Å². The molecule has 0 aliphatic carbocycles. The molecule has 0 aromatic rings. The second kappa shape index (κ2) is 5.97. The lowest BCUT2D eigenvalue weighted by Crippen LogP contribution is -2.13. The number of rotatable bonds is 4. The smallest absolute Gasteiger partial charge is 0.242 e. The van der Waals surface area contributed by atoms with Crippen molar-refractivity contribution in [2.24, 2.45) is 0 Å². The van der Waals surface area contributed by atoms with E-state index in [1.165, 1.54) is 0 Å². The van der Waals surface area contributed by atoms with Crippen molar-refractivity contribution in [2.75, 3.05) is 5.75 Å². The quantitative estimate of drug-likeness (QED) is 0.615. The van der Waals surface area contributed by atoms with E-state index in [1.807, 2.05) is 0 Å². The highest BCUT2D eigenvalue weighted by Crippen LogP contribution is 2.51. The van der Waals surface area contributed by atoms with Crippen LogP contribution in [0.5, 0.6) is 0 Å². The summed E-state index contributed by atoms with van der Waals surface area (Å²) in [5, 5.41) is -0.445. The summed E-state index contributed by atoms with van der Waals surface area (Å²) >= 11 is 27.3. The first-order valence-electron chi connectivity index (χ1n) is 3.01. The van der Waals surface area contributed by atoms with E-state index in [4.69, 9.17) is 56.2 Å². The van der Waals surface area contributed by atoms with Gasteiger partial charge in [-0.2, -0.15) is 0 Å². The second-order valence-corrected chi connectivity index (χ2v) is 11.4. The van der Waals surface area contributed by atoms with Crippen molar-refractivity contribution in [2.45, 2.75) is 15.6 Å². The topological polar surface area (TPSA) is 40.5 Å². The minimum Gasteiger partial charge on any atom is -0.338 e.